The molecular formula is C14H18N6. The number of aromatic nitrogens is 5. The van der Waals surface area contributed by atoms with E-state index in [0.717, 1.165) is 28.4 Å². The minimum atomic E-state index is 0.182. The van der Waals surface area contributed by atoms with Crippen molar-refractivity contribution >= 4 is 5.65 Å². The molecule has 0 saturated carbocycles. The molecule has 0 aliphatic heterocycles. The van der Waals surface area contributed by atoms with Crippen LogP contribution in [0.4, 0.5) is 0 Å². The van der Waals surface area contributed by atoms with Gasteiger partial charge in [0.1, 0.15) is 5.82 Å². The van der Waals surface area contributed by atoms with Gasteiger partial charge in [-0.05, 0) is 20.8 Å². The summed E-state index contributed by atoms with van der Waals surface area (Å²) in [5.74, 6) is 0.929. The van der Waals surface area contributed by atoms with Crippen LogP contribution in [0.1, 0.15) is 35.7 Å². The fourth-order valence-corrected chi connectivity index (χ4v) is 2.36. The van der Waals surface area contributed by atoms with Crippen LogP contribution in [0.25, 0.3) is 5.65 Å². The Morgan fingerprint density at radius 1 is 1.35 bits per heavy atom. The first-order chi connectivity index (χ1) is 9.65. The van der Waals surface area contributed by atoms with E-state index in [0.29, 0.717) is 6.54 Å². The van der Waals surface area contributed by atoms with Gasteiger partial charge in [0.2, 0.25) is 0 Å². The third-order valence-electron chi connectivity index (χ3n) is 3.48. The molecule has 0 aliphatic carbocycles. The molecule has 0 amide bonds. The summed E-state index contributed by atoms with van der Waals surface area (Å²) in [5, 5.41) is 7.91. The summed E-state index contributed by atoms with van der Waals surface area (Å²) in [4.78, 5) is 11.8. The van der Waals surface area contributed by atoms with Crippen LogP contribution in [0, 0.1) is 13.8 Å². The average molecular weight is 270 g/mol. The Labute approximate surface area is 117 Å². The number of hydrogen-bond donors (Lipinski definition) is 2. The van der Waals surface area contributed by atoms with E-state index in [1.165, 1.54) is 0 Å². The van der Waals surface area contributed by atoms with Crippen molar-refractivity contribution < 1.29 is 0 Å². The van der Waals surface area contributed by atoms with Crippen LogP contribution in [0.15, 0.2) is 24.7 Å². The summed E-state index contributed by atoms with van der Waals surface area (Å²) in [6, 6.07) is 2.17. The number of aromatic amines is 1. The quantitative estimate of drug-likeness (QED) is 0.760. The molecule has 104 valence electrons. The molecule has 0 spiro atoms. The lowest BCUT2D eigenvalue weighted by molar-refractivity contribution is 0.553. The molecule has 0 radical (unpaired) electrons. The molecule has 3 aromatic rings. The van der Waals surface area contributed by atoms with Crippen LogP contribution in [-0.2, 0) is 6.54 Å². The SMILES string of the molecule is Cc1cc2ncc(C(C)NCc3ncc[nH]3)c(C)n2n1. The molecule has 0 aliphatic rings. The van der Waals surface area contributed by atoms with Crippen LogP contribution in [0.5, 0.6) is 0 Å². The number of hydrogen-bond acceptors (Lipinski definition) is 4. The average Bonchev–Trinajstić information content (AvgIpc) is 3.05. The number of imidazole rings is 1. The maximum Gasteiger partial charge on any atom is 0.155 e. The van der Waals surface area contributed by atoms with Gasteiger partial charge in [0.05, 0.1) is 12.2 Å². The summed E-state index contributed by atoms with van der Waals surface area (Å²) < 4.78 is 1.90. The van der Waals surface area contributed by atoms with E-state index in [9.17, 15) is 0 Å². The molecular weight excluding hydrogens is 252 g/mol. The summed E-state index contributed by atoms with van der Waals surface area (Å²) >= 11 is 0. The van der Waals surface area contributed by atoms with Crippen molar-refractivity contribution in [1.82, 2.24) is 29.9 Å². The Morgan fingerprint density at radius 3 is 2.95 bits per heavy atom. The molecule has 0 saturated heterocycles. The van der Waals surface area contributed by atoms with Crippen LogP contribution >= 0.6 is 0 Å². The number of H-pyrrole nitrogens is 1. The zero-order chi connectivity index (χ0) is 14.1. The Bertz CT molecular complexity index is 713. The third kappa shape index (κ3) is 2.30. The predicted molar refractivity (Wildman–Crippen MR) is 76.3 cm³/mol. The molecule has 6 heteroatoms. The van der Waals surface area contributed by atoms with Gasteiger partial charge in [-0.25, -0.2) is 14.5 Å². The van der Waals surface area contributed by atoms with Crippen LogP contribution < -0.4 is 5.32 Å². The number of fused-ring (bicyclic) bond motifs is 1. The standard InChI is InChI=1S/C14H18N6/c1-9-6-14-18-7-12(11(3)20(14)19-9)10(2)17-8-13-15-4-5-16-13/h4-7,10,17H,8H2,1-3H3,(H,15,16). The van der Waals surface area contributed by atoms with Crippen molar-refractivity contribution in [3.63, 3.8) is 0 Å². The van der Waals surface area contributed by atoms with Crippen molar-refractivity contribution in [2.75, 3.05) is 0 Å². The van der Waals surface area contributed by atoms with Crippen LogP contribution in [0.2, 0.25) is 0 Å². The second-order valence-corrected chi connectivity index (χ2v) is 4.99. The molecule has 2 N–H and O–H groups in total. The molecule has 20 heavy (non-hydrogen) atoms. The maximum atomic E-state index is 4.47. The first-order valence-corrected chi connectivity index (χ1v) is 6.68. The van der Waals surface area contributed by atoms with E-state index in [-0.39, 0.29) is 6.04 Å². The van der Waals surface area contributed by atoms with Gasteiger partial charge < -0.3 is 10.3 Å². The molecule has 0 aromatic carbocycles. The number of rotatable bonds is 4. The van der Waals surface area contributed by atoms with Crippen molar-refractivity contribution in [3.05, 3.63) is 47.4 Å². The summed E-state index contributed by atoms with van der Waals surface area (Å²) in [7, 11) is 0. The fraction of sp³-hybridized carbons (Fsp3) is 0.357. The van der Waals surface area contributed by atoms with Crippen molar-refractivity contribution in [2.45, 2.75) is 33.4 Å². The Morgan fingerprint density at radius 2 is 2.20 bits per heavy atom. The third-order valence-corrected chi connectivity index (χ3v) is 3.48. The Balaban J connectivity index is 1.83. The van der Waals surface area contributed by atoms with Crippen LogP contribution in [0.3, 0.4) is 0 Å². The molecule has 3 heterocycles. The van der Waals surface area contributed by atoms with Gasteiger partial charge in [-0.1, -0.05) is 0 Å². The van der Waals surface area contributed by atoms with E-state index >= 15 is 0 Å². The van der Waals surface area contributed by atoms with Gasteiger partial charge in [-0.2, -0.15) is 5.10 Å². The first-order valence-electron chi connectivity index (χ1n) is 6.68. The van der Waals surface area contributed by atoms with Crippen molar-refractivity contribution in [1.29, 1.82) is 0 Å². The summed E-state index contributed by atoms with van der Waals surface area (Å²) in [6.07, 6.45) is 5.51. The molecule has 0 fully saturated rings. The first kappa shape index (κ1) is 12.8. The van der Waals surface area contributed by atoms with Crippen LogP contribution in [-0.4, -0.2) is 24.6 Å². The van der Waals surface area contributed by atoms with Gasteiger partial charge in [-0.3, -0.25) is 0 Å². The van der Waals surface area contributed by atoms with Gasteiger partial charge in [0.15, 0.2) is 5.65 Å². The molecule has 6 nitrogen and oxygen atoms in total. The highest BCUT2D eigenvalue weighted by Gasteiger charge is 2.13. The molecule has 1 unspecified atom stereocenters. The summed E-state index contributed by atoms with van der Waals surface area (Å²) in [5.41, 5.74) is 4.13. The predicted octanol–water partition coefficient (Wildman–Crippen LogP) is 1.92. The van der Waals surface area contributed by atoms with Gasteiger partial charge in [0, 0.05) is 42.0 Å². The fourth-order valence-electron chi connectivity index (χ4n) is 2.36. The minimum Gasteiger partial charge on any atom is -0.348 e. The van der Waals surface area contributed by atoms with E-state index in [2.05, 4.69) is 39.2 Å². The second-order valence-electron chi connectivity index (χ2n) is 4.99. The highest BCUT2D eigenvalue weighted by Crippen LogP contribution is 2.18. The van der Waals surface area contributed by atoms with E-state index in [1.807, 2.05) is 29.9 Å². The Hall–Kier alpha value is -2.21. The molecule has 3 rings (SSSR count). The largest absolute Gasteiger partial charge is 0.348 e. The zero-order valence-corrected chi connectivity index (χ0v) is 11.9. The molecule has 0 bridgehead atoms. The lowest BCUT2D eigenvalue weighted by Gasteiger charge is -2.16. The van der Waals surface area contributed by atoms with Gasteiger partial charge >= 0.3 is 0 Å². The van der Waals surface area contributed by atoms with E-state index in [1.54, 1.807) is 6.20 Å². The second kappa shape index (κ2) is 5.05. The Kier molecular flexibility index (Phi) is 3.23. The smallest absolute Gasteiger partial charge is 0.155 e. The lowest BCUT2D eigenvalue weighted by Crippen LogP contribution is -2.21. The number of nitrogens with zero attached hydrogens (tertiary/aromatic N) is 4. The van der Waals surface area contributed by atoms with E-state index in [4.69, 9.17) is 0 Å². The maximum absolute atomic E-state index is 4.47. The zero-order valence-electron chi connectivity index (χ0n) is 11.9. The number of nitrogens with one attached hydrogen (secondary N) is 2. The monoisotopic (exact) mass is 270 g/mol. The highest BCUT2D eigenvalue weighted by molar-refractivity contribution is 5.42. The minimum absolute atomic E-state index is 0.182. The van der Waals surface area contributed by atoms with E-state index < -0.39 is 0 Å². The number of aryl methyl sites for hydroxylation is 2. The molecule has 3 aromatic heterocycles. The summed E-state index contributed by atoms with van der Waals surface area (Å²) in [6.45, 7) is 6.87. The van der Waals surface area contributed by atoms with Crippen molar-refractivity contribution in [2.24, 2.45) is 0 Å². The van der Waals surface area contributed by atoms with Crippen molar-refractivity contribution in [3.8, 4) is 0 Å². The van der Waals surface area contributed by atoms with Gasteiger partial charge in [0.25, 0.3) is 0 Å². The highest BCUT2D eigenvalue weighted by atomic mass is 15.3. The topological polar surface area (TPSA) is 70.9 Å². The molecule has 1 atom stereocenters. The lowest BCUT2D eigenvalue weighted by atomic mass is 10.1. The van der Waals surface area contributed by atoms with Gasteiger partial charge in [-0.15, -0.1) is 0 Å². The normalized spacial score (nSPS) is 12.9.